The molecule has 1 aromatic carbocycles. The molecule has 1 N–H and O–H groups in total. The fourth-order valence-corrected chi connectivity index (χ4v) is 2.19. The number of hydrogen-bond donors (Lipinski definition) is 1. The van der Waals surface area contributed by atoms with E-state index in [-0.39, 0.29) is 5.82 Å². The molecule has 0 atom stereocenters. The second-order valence-electron chi connectivity index (χ2n) is 4.90. The van der Waals surface area contributed by atoms with Gasteiger partial charge in [-0.1, -0.05) is 0 Å². The molecule has 1 fully saturated rings. The summed E-state index contributed by atoms with van der Waals surface area (Å²) in [6.45, 7) is 4.62. The first-order valence-electron chi connectivity index (χ1n) is 6.06. The van der Waals surface area contributed by atoms with Crippen molar-refractivity contribution in [2.75, 3.05) is 0 Å². The lowest BCUT2D eigenvalue weighted by Gasteiger charge is -1.99. The van der Waals surface area contributed by atoms with Crippen molar-refractivity contribution < 1.29 is 8.81 Å². The number of hydrogen-bond acceptors (Lipinski definition) is 2. The molecule has 3 rings (SSSR count). The highest BCUT2D eigenvalue weighted by atomic mass is 19.1. The maximum absolute atomic E-state index is 13.4. The molecule has 2 aromatic rings. The molecule has 0 spiro atoms. The first kappa shape index (κ1) is 10.8. The quantitative estimate of drug-likeness (QED) is 0.878. The first-order chi connectivity index (χ1) is 8.15. The summed E-state index contributed by atoms with van der Waals surface area (Å²) in [5.74, 6) is 0.737. The molecule has 1 aliphatic carbocycles. The zero-order valence-electron chi connectivity index (χ0n) is 10.1. The number of aryl methyl sites for hydroxylation is 2. The summed E-state index contributed by atoms with van der Waals surface area (Å²) in [6.07, 6.45) is 2.51. The maximum atomic E-state index is 13.4. The molecule has 3 heteroatoms. The van der Waals surface area contributed by atoms with Gasteiger partial charge in [0, 0.05) is 11.4 Å². The molecule has 1 aliphatic rings. The number of benzene rings is 1. The summed E-state index contributed by atoms with van der Waals surface area (Å²) >= 11 is 0. The normalized spacial score (nSPS) is 15.7. The third kappa shape index (κ3) is 1.95. The summed E-state index contributed by atoms with van der Waals surface area (Å²) in [5.41, 5.74) is 2.73. The van der Waals surface area contributed by atoms with Gasteiger partial charge in [-0.3, -0.25) is 0 Å². The summed E-state index contributed by atoms with van der Waals surface area (Å²) < 4.78 is 19.2. The van der Waals surface area contributed by atoms with Gasteiger partial charge in [0.05, 0.1) is 6.54 Å². The molecule has 17 heavy (non-hydrogen) atoms. The van der Waals surface area contributed by atoms with Crippen molar-refractivity contribution in [2.45, 2.75) is 39.3 Å². The van der Waals surface area contributed by atoms with E-state index in [9.17, 15) is 4.39 Å². The van der Waals surface area contributed by atoms with E-state index in [1.54, 1.807) is 6.07 Å². The molecule has 90 valence electrons. The predicted molar refractivity (Wildman–Crippen MR) is 65.5 cm³/mol. The molecule has 1 heterocycles. The van der Waals surface area contributed by atoms with Crippen LogP contribution in [0, 0.1) is 19.7 Å². The Kier molecular flexibility index (Phi) is 2.44. The molecule has 2 nitrogen and oxygen atoms in total. The van der Waals surface area contributed by atoms with Gasteiger partial charge in [-0.25, -0.2) is 4.39 Å². The van der Waals surface area contributed by atoms with Crippen molar-refractivity contribution in [3.63, 3.8) is 0 Å². The molecule has 1 aromatic heterocycles. The van der Waals surface area contributed by atoms with Crippen molar-refractivity contribution in [1.82, 2.24) is 5.32 Å². The van der Waals surface area contributed by atoms with Crippen LogP contribution in [0.2, 0.25) is 0 Å². The third-order valence-electron chi connectivity index (χ3n) is 3.42. The molecule has 0 radical (unpaired) electrons. The monoisotopic (exact) mass is 233 g/mol. The molecule has 0 saturated heterocycles. The Hall–Kier alpha value is -1.35. The summed E-state index contributed by atoms with van der Waals surface area (Å²) in [5, 5.41) is 4.32. The number of halogens is 1. The van der Waals surface area contributed by atoms with Crippen LogP contribution in [0.1, 0.15) is 29.7 Å². The standard InChI is InChI=1S/C14H16FNO/c1-8-5-10(15)6-12-9(2)13(17-14(8)12)7-16-11-3-4-11/h5-6,11,16H,3-4,7H2,1-2H3. The lowest BCUT2D eigenvalue weighted by molar-refractivity contribution is 0.507. The Morgan fingerprint density at radius 3 is 2.82 bits per heavy atom. The minimum absolute atomic E-state index is 0.194. The lowest BCUT2D eigenvalue weighted by atomic mass is 10.1. The van der Waals surface area contributed by atoms with Crippen LogP contribution in [0.25, 0.3) is 11.0 Å². The predicted octanol–water partition coefficient (Wildman–Crippen LogP) is 3.44. The van der Waals surface area contributed by atoms with Crippen molar-refractivity contribution >= 4 is 11.0 Å². The van der Waals surface area contributed by atoms with Crippen LogP contribution in [0.4, 0.5) is 4.39 Å². The van der Waals surface area contributed by atoms with E-state index in [0.29, 0.717) is 6.04 Å². The van der Waals surface area contributed by atoms with E-state index >= 15 is 0 Å². The van der Waals surface area contributed by atoms with Gasteiger partial charge in [0.25, 0.3) is 0 Å². The highest BCUT2D eigenvalue weighted by molar-refractivity contribution is 5.84. The third-order valence-corrected chi connectivity index (χ3v) is 3.42. The van der Waals surface area contributed by atoms with Gasteiger partial charge in [0.1, 0.15) is 17.2 Å². The number of rotatable bonds is 3. The molecular weight excluding hydrogens is 217 g/mol. The Morgan fingerprint density at radius 1 is 1.35 bits per heavy atom. The Bertz CT molecular complexity index is 569. The van der Waals surface area contributed by atoms with Crippen LogP contribution in [0.15, 0.2) is 16.5 Å². The highest BCUT2D eigenvalue weighted by Gasteiger charge is 2.21. The van der Waals surface area contributed by atoms with Gasteiger partial charge in [-0.05, 0) is 49.9 Å². The van der Waals surface area contributed by atoms with Crippen LogP contribution in [0.5, 0.6) is 0 Å². The van der Waals surface area contributed by atoms with Gasteiger partial charge >= 0.3 is 0 Å². The summed E-state index contributed by atoms with van der Waals surface area (Å²) in [4.78, 5) is 0. The van der Waals surface area contributed by atoms with Gasteiger partial charge in [0.15, 0.2) is 0 Å². The molecule has 0 bridgehead atoms. The maximum Gasteiger partial charge on any atom is 0.137 e. The van der Waals surface area contributed by atoms with Crippen LogP contribution >= 0.6 is 0 Å². The van der Waals surface area contributed by atoms with E-state index in [1.807, 2.05) is 13.8 Å². The highest BCUT2D eigenvalue weighted by Crippen LogP contribution is 2.29. The van der Waals surface area contributed by atoms with Crippen LogP contribution in [0.3, 0.4) is 0 Å². The second kappa shape index (κ2) is 3.84. The van der Waals surface area contributed by atoms with Crippen molar-refractivity contribution in [3.8, 4) is 0 Å². The summed E-state index contributed by atoms with van der Waals surface area (Å²) in [7, 11) is 0. The van der Waals surface area contributed by atoms with Crippen molar-refractivity contribution in [3.05, 3.63) is 34.8 Å². The number of furan rings is 1. The number of fused-ring (bicyclic) bond motifs is 1. The van der Waals surface area contributed by atoms with Crippen molar-refractivity contribution in [2.24, 2.45) is 0 Å². The fourth-order valence-electron chi connectivity index (χ4n) is 2.19. The zero-order chi connectivity index (χ0) is 12.0. The van der Waals surface area contributed by atoms with E-state index in [4.69, 9.17) is 4.42 Å². The lowest BCUT2D eigenvalue weighted by Crippen LogP contribution is -2.15. The van der Waals surface area contributed by atoms with Crippen molar-refractivity contribution in [1.29, 1.82) is 0 Å². The minimum atomic E-state index is -0.194. The topological polar surface area (TPSA) is 25.2 Å². The van der Waals surface area contributed by atoms with Gasteiger partial charge < -0.3 is 9.73 Å². The second-order valence-corrected chi connectivity index (χ2v) is 4.90. The smallest absolute Gasteiger partial charge is 0.137 e. The Morgan fingerprint density at radius 2 is 2.12 bits per heavy atom. The summed E-state index contributed by atoms with van der Waals surface area (Å²) in [6, 6.07) is 3.73. The average molecular weight is 233 g/mol. The Balaban J connectivity index is 2.01. The van der Waals surface area contributed by atoms with Crippen LogP contribution in [-0.4, -0.2) is 6.04 Å². The number of nitrogens with one attached hydrogen (secondary N) is 1. The van der Waals surface area contributed by atoms with E-state index in [2.05, 4.69) is 5.32 Å². The molecule has 0 aliphatic heterocycles. The Labute approximate surface area is 99.8 Å². The molecule has 1 saturated carbocycles. The van der Waals surface area contributed by atoms with Crippen LogP contribution < -0.4 is 5.32 Å². The van der Waals surface area contributed by atoms with E-state index in [1.165, 1.54) is 18.9 Å². The minimum Gasteiger partial charge on any atom is -0.459 e. The zero-order valence-corrected chi connectivity index (χ0v) is 10.1. The molecule has 0 unspecified atom stereocenters. The molecular formula is C14H16FNO. The first-order valence-corrected chi connectivity index (χ1v) is 6.06. The van der Waals surface area contributed by atoms with Gasteiger partial charge in [-0.2, -0.15) is 0 Å². The molecule has 0 amide bonds. The van der Waals surface area contributed by atoms with E-state index in [0.717, 1.165) is 34.4 Å². The largest absolute Gasteiger partial charge is 0.459 e. The van der Waals surface area contributed by atoms with E-state index < -0.39 is 0 Å². The SMILES string of the molecule is Cc1c(CNC2CC2)oc2c(C)cc(F)cc12. The van der Waals surface area contributed by atoms with Gasteiger partial charge in [0.2, 0.25) is 0 Å². The average Bonchev–Trinajstić information content (AvgIpc) is 3.04. The van der Waals surface area contributed by atoms with Gasteiger partial charge in [-0.15, -0.1) is 0 Å². The van der Waals surface area contributed by atoms with Crippen LogP contribution in [-0.2, 0) is 6.54 Å². The fraction of sp³-hybridized carbons (Fsp3) is 0.429.